The number of imidazole rings is 1. The smallest absolute Gasteiger partial charge is 0.180 e. The minimum atomic E-state index is 0.442. The van der Waals surface area contributed by atoms with Gasteiger partial charge < -0.3 is 15.5 Å². The second kappa shape index (κ2) is 4.17. The first-order valence-corrected chi connectivity index (χ1v) is 6.87. The maximum absolute atomic E-state index is 5.80. The van der Waals surface area contributed by atoms with Crippen molar-refractivity contribution >= 4 is 44.5 Å². The summed E-state index contributed by atoms with van der Waals surface area (Å²) in [4.78, 5) is 12.8. The minimum Gasteiger partial charge on any atom is -0.382 e. The van der Waals surface area contributed by atoms with Crippen molar-refractivity contribution in [3.63, 3.8) is 0 Å². The van der Waals surface area contributed by atoms with Gasteiger partial charge in [-0.1, -0.05) is 0 Å². The first-order valence-electron chi connectivity index (χ1n) is 5.99. The van der Waals surface area contributed by atoms with E-state index in [-0.39, 0.29) is 0 Å². The van der Waals surface area contributed by atoms with Crippen LogP contribution in [0, 0.1) is 0 Å². The lowest BCUT2D eigenvalue weighted by atomic mass is 10.3. The molecule has 0 fully saturated rings. The molecule has 20 heavy (non-hydrogen) atoms. The summed E-state index contributed by atoms with van der Waals surface area (Å²) in [5.74, 6) is 1.08. The van der Waals surface area contributed by atoms with Crippen LogP contribution in [0.25, 0.3) is 15.9 Å². The number of nitrogens with one attached hydrogen (secondary N) is 1. The van der Waals surface area contributed by atoms with Crippen LogP contribution in [0.4, 0.5) is 17.3 Å². The Morgan fingerprint density at radius 1 is 1.25 bits per heavy atom. The van der Waals surface area contributed by atoms with Gasteiger partial charge in [-0.3, -0.25) is 0 Å². The molecular weight excluding hydrogens is 272 g/mol. The number of rotatable bonds is 2. The molecule has 1 aromatic carbocycles. The lowest BCUT2D eigenvalue weighted by Gasteiger charge is -2.07. The van der Waals surface area contributed by atoms with Crippen LogP contribution < -0.4 is 11.1 Å². The van der Waals surface area contributed by atoms with Crippen molar-refractivity contribution in [2.45, 2.75) is 0 Å². The van der Waals surface area contributed by atoms with E-state index >= 15 is 0 Å². The molecule has 0 unspecified atom stereocenters. The van der Waals surface area contributed by atoms with Crippen molar-refractivity contribution in [3.8, 4) is 0 Å². The molecule has 3 N–H and O–H groups in total. The summed E-state index contributed by atoms with van der Waals surface area (Å²) in [5.41, 5.74) is 10.3. The third-order valence-corrected chi connectivity index (χ3v) is 3.78. The zero-order valence-corrected chi connectivity index (χ0v) is 11.1. The number of thiazole rings is 1. The van der Waals surface area contributed by atoms with E-state index in [9.17, 15) is 0 Å². The third kappa shape index (κ3) is 1.76. The molecule has 4 rings (SSSR count). The van der Waals surface area contributed by atoms with Gasteiger partial charge in [-0.15, -0.1) is 11.3 Å². The number of aromatic nitrogens is 4. The predicted octanol–water partition coefficient (Wildman–Crippen LogP) is 2.66. The van der Waals surface area contributed by atoms with E-state index < -0.39 is 0 Å². The highest BCUT2D eigenvalue weighted by atomic mass is 32.1. The fourth-order valence-corrected chi connectivity index (χ4v) is 2.82. The summed E-state index contributed by atoms with van der Waals surface area (Å²) >= 11 is 1.60. The topological polar surface area (TPSA) is 81.1 Å². The predicted molar refractivity (Wildman–Crippen MR) is 80.3 cm³/mol. The van der Waals surface area contributed by atoms with Crippen LogP contribution in [-0.4, -0.2) is 19.4 Å². The van der Waals surface area contributed by atoms with Crippen molar-refractivity contribution in [1.29, 1.82) is 0 Å². The van der Waals surface area contributed by atoms with Crippen molar-refractivity contribution in [2.24, 2.45) is 0 Å². The third-order valence-electron chi connectivity index (χ3n) is 2.99. The Bertz CT molecular complexity index is 909. The summed E-state index contributed by atoms with van der Waals surface area (Å²) in [6, 6.07) is 5.98. The molecule has 0 amide bonds. The fraction of sp³-hybridized carbons (Fsp3) is 0. The molecule has 7 heteroatoms. The maximum atomic E-state index is 5.80. The molecule has 0 aliphatic heterocycles. The number of anilines is 3. The van der Waals surface area contributed by atoms with Gasteiger partial charge in [0.25, 0.3) is 0 Å². The Morgan fingerprint density at radius 2 is 2.20 bits per heavy atom. The number of benzene rings is 1. The average molecular weight is 282 g/mol. The lowest BCUT2D eigenvalue weighted by Crippen LogP contribution is -2.01. The van der Waals surface area contributed by atoms with E-state index in [1.807, 2.05) is 34.3 Å². The van der Waals surface area contributed by atoms with E-state index in [0.717, 1.165) is 21.6 Å². The molecule has 0 aliphatic carbocycles. The number of nitrogens with two attached hydrogens (primary N) is 1. The van der Waals surface area contributed by atoms with Gasteiger partial charge in [0, 0.05) is 18.1 Å². The van der Waals surface area contributed by atoms with Crippen LogP contribution in [0.3, 0.4) is 0 Å². The van der Waals surface area contributed by atoms with Crippen LogP contribution >= 0.6 is 11.3 Å². The SMILES string of the molecule is Nc1cn2ccnc2c(Nc2ccc3ncsc3c2)n1. The van der Waals surface area contributed by atoms with E-state index in [1.165, 1.54) is 0 Å². The zero-order chi connectivity index (χ0) is 13.5. The van der Waals surface area contributed by atoms with E-state index in [2.05, 4.69) is 20.3 Å². The first kappa shape index (κ1) is 11.2. The number of nitrogens with zero attached hydrogens (tertiary/aromatic N) is 4. The Balaban J connectivity index is 1.81. The average Bonchev–Trinajstić information content (AvgIpc) is 3.05. The van der Waals surface area contributed by atoms with Crippen molar-refractivity contribution in [3.05, 3.63) is 42.3 Å². The highest BCUT2D eigenvalue weighted by molar-refractivity contribution is 7.16. The zero-order valence-electron chi connectivity index (χ0n) is 10.3. The van der Waals surface area contributed by atoms with E-state index in [0.29, 0.717) is 11.6 Å². The van der Waals surface area contributed by atoms with Crippen LogP contribution in [0.15, 0.2) is 42.3 Å². The molecule has 0 saturated heterocycles. The van der Waals surface area contributed by atoms with Gasteiger partial charge in [0.15, 0.2) is 11.5 Å². The Kier molecular flexibility index (Phi) is 2.33. The molecule has 0 aliphatic rings. The molecule has 6 nitrogen and oxygen atoms in total. The van der Waals surface area contributed by atoms with Crippen molar-refractivity contribution in [2.75, 3.05) is 11.1 Å². The van der Waals surface area contributed by atoms with Gasteiger partial charge in [0.05, 0.1) is 21.9 Å². The van der Waals surface area contributed by atoms with E-state index in [1.54, 1.807) is 23.7 Å². The summed E-state index contributed by atoms with van der Waals surface area (Å²) in [7, 11) is 0. The van der Waals surface area contributed by atoms with Gasteiger partial charge in [-0.05, 0) is 18.2 Å². The number of nitrogen functional groups attached to an aromatic ring is 1. The number of hydrogen-bond acceptors (Lipinski definition) is 6. The van der Waals surface area contributed by atoms with Gasteiger partial charge in [0.2, 0.25) is 0 Å². The summed E-state index contributed by atoms with van der Waals surface area (Å²) in [6.07, 6.45) is 5.29. The lowest BCUT2D eigenvalue weighted by molar-refractivity contribution is 1.14. The molecule has 0 spiro atoms. The van der Waals surface area contributed by atoms with Gasteiger partial charge >= 0.3 is 0 Å². The van der Waals surface area contributed by atoms with Crippen LogP contribution in [-0.2, 0) is 0 Å². The molecular formula is C13H10N6S. The molecule has 3 heterocycles. The van der Waals surface area contributed by atoms with Gasteiger partial charge in [-0.2, -0.15) is 0 Å². The van der Waals surface area contributed by atoms with Crippen LogP contribution in [0.2, 0.25) is 0 Å². The highest BCUT2D eigenvalue weighted by Gasteiger charge is 2.07. The second-order valence-corrected chi connectivity index (χ2v) is 5.22. The van der Waals surface area contributed by atoms with Crippen molar-refractivity contribution in [1.82, 2.24) is 19.4 Å². The Hall–Kier alpha value is -2.67. The largest absolute Gasteiger partial charge is 0.382 e. The Labute approximate surface area is 117 Å². The normalized spacial score (nSPS) is 11.2. The highest BCUT2D eigenvalue weighted by Crippen LogP contribution is 2.25. The number of fused-ring (bicyclic) bond motifs is 2. The standard InChI is InChI=1S/C13H10N6S/c14-11-6-19-4-3-15-13(19)12(18-11)17-8-1-2-9-10(5-8)20-7-16-9/h1-7H,14H2,(H,17,18). The Morgan fingerprint density at radius 3 is 3.15 bits per heavy atom. The molecule has 0 atom stereocenters. The first-order chi connectivity index (χ1) is 9.79. The quantitative estimate of drug-likeness (QED) is 0.590. The fourth-order valence-electron chi connectivity index (χ4n) is 2.10. The van der Waals surface area contributed by atoms with E-state index in [4.69, 9.17) is 5.73 Å². The number of hydrogen-bond donors (Lipinski definition) is 2. The van der Waals surface area contributed by atoms with Crippen molar-refractivity contribution < 1.29 is 0 Å². The second-order valence-electron chi connectivity index (χ2n) is 4.33. The molecule has 3 aromatic heterocycles. The van der Waals surface area contributed by atoms with Crippen LogP contribution in [0.5, 0.6) is 0 Å². The monoisotopic (exact) mass is 282 g/mol. The molecule has 0 saturated carbocycles. The molecule has 0 radical (unpaired) electrons. The molecule has 4 aromatic rings. The summed E-state index contributed by atoms with van der Waals surface area (Å²) < 4.78 is 2.97. The van der Waals surface area contributed by atoms with Crippen LogP contribution in [0.1, 0.15) is 0 Å². The summed E-state index contributed by atoms with van der Waals surface area (Å²) in [5, 5.41) is 3.26. The molecule has 0 bridgehead atoms. The minimum absolute atomic E-state index is 0.442. The molecule has 98 valence electrons. The summed E-state index contributed by atoms with van der Waals surface area (Å²) in [6.45, 7) is 0. The van der Waals surface area contributed by atoms with Gasteiger partial charge in [0.1, 0.15) is 5.82 Å². The maximum Gasteiger partial charge on any atom is 0.180 e. The van der Waals surface area contributed by atoms with Gasteiger partial charge in [-0.25, -0.2) is 15.0 Å².